The average Bonchev–Trinajstić information content (AvgIpc) is 2.26. The maximum absolute atomic E-state index is 5.51. The van der Waals surface area contributed by atoms with Gasteiger partial charge < -0.3 is 10.5 Å². The quantitative estimate of drug-likeness (QED) is 0.894. The van der Waals surface area contributed by atoms with E-state index in [1.165, 1.54) is 11.1 Å². The van der Waals surface area contributed by atoms with Crippen LogP contribution in [0, 0.1) is 0 Å². The topological polar surface area (TPSA) is 35.2 Å². The van der Waals surface area contributed by atoms with E-state index in [0.717, 1.165) is 36.0 Å². The second-order valence-electron chi connectivity index (χ2n) is 3.50. The van der Waals surface area contributed by atoms with Gasteiger partial charge in [0.2, 0.25) is 0 Å². The van der Waals surface area contributed by atoms with E-state index in [-0.39, 0.29) is 0 Å². The maximum atomic E-state index is 5.51. The van der Waals surface area contributed by atoms with Crippen LogP contribution in [0.1, 0.15) is 24.5 Å². The van der Waals surface area contributed by atoms with Gasteiger partial charge in [0.1, 0.15) is 5.75 Å². The lowest BCUT2D eigenvalue weighted by Crippen LogP contribution is -2.02. The van der Waals surface area contributed by atoms with Crippen molar-refractivity contribution in [1.29, 1.82) is 0 Å². The van der Waals surface area contributed by atoms with E-state index in [1.54, 1.807) is 7.11 Å². The predicted molar refractivity (Wildman–Crippen MR) is 67.4 cm³/mol. The van der Waals surface area contributed by atoms with Gasteiger partial charge in [-0.25, -0.2) is 0 Å². The van der Waals surface area contributed by atoms with Gasteiger partial charge in [0.25, 0.3) is 0 Å². The van der Waals surface area contributed by atoms with Crippen LogP contribution in [-0.4, -0.2) is 13.7 Å². The number of methoxy groups -OCH3 is 1. The van der Waals surface area contributed by atoms with E-state index in [2.05, 4.69) is 35.0 Å². The highest BCUT2D eigenvalue weighted by atomic mass is 79.9. The molecule has 0 bridgehead atoms. The van der Waals surface area contributed by atoms with Crippen LogP contribution in [-0.2, 0) is 12.8 Å². The van der Waals surface area contributed by atoms with Gasteiger partial charge >= 0.3 is 0 Å². The number of ether oxygens (including phenoxy) is 1. The van der Waals surface area contributed by atoms with Gasteiger partial charge in [0.05, 0.1) is 7.11 Å². The second kappa shape index (κ2) is 6.13. The molecule has 2 N–H and O–H groups in total. The zero-order valence-electron chi connectivity index (χ0n) is 9.35. The Bertz CT molecular complexity index is 326. The minimum Gasteiger partial charge on any atom is -0.496 e. The van der Waals surface area contributed by atoms with Crippen LogP contribution in [0.4, 0.5) is 0 Å². The van der Waals surface area contributed by atoms with E-state index in [0.29, 0.717) is 0 Å². The van der Waals surface area contributed by atoms with Crippen molar-refractivity contribution < 1.29 is 4.74 Å². The van der Waals surface area contributed by atoms with Crippen molar-refractivity contribution in [2.45, 2.75) is 26.2 Å². The van der Waals surface area contributed by atoms with Gasteiger partial charge in [0, 0.05) is 4.47 Å². The van der Waals surface area contributed by atoms with Crippen LogP contribution >= 0.6 is 15.9 Å². The minimum absolute atomic E-state index is 0.719. The lowest BCUT2D eigenvalue weighted by atomic mass is 10.0. The summed E-state index contributed by atoms with van der Waals surface area (Å²) in [5, 5.41) is 0. The molecule has 0 fully saturated rings. The number of halogens is 1. The van der Waals surface area contributed by atoms with E-state index in [1.807, 2.05) is 0 Å². The van der Waals surface area contributed by atoms with E-state index >= 15 is 0 Å². The molecule has 1 rings (SSSR count). The van der Waals surface area contributed by atoms with Crippen LogP contribution in [0.3, 0.4) is 0 Å². The summed E-state index contributed by atoms with van der Waals surface area (Å²) in [6, 6.07) is 4.25. The first-order chi connectivity index (χ1) is 7.22. The number of rotatable bonds is 5. The Labute approximate surface area is 99.9 Å². The largest absolute Gasteiger partial charge is 0.496 e. The molecule has 15 heavy (non-hydrogen) atoms. The van der Waals surface area contributed by atoms with Gasteiger partial charge in [-0.3, -0.25) is 0 Å². The first-order valence-electron chi connectivity index (χ1n) is 5.28. The first kappa shape index (κ1) is 12.5. The fourth-order valence-electron chi connectivity index (χ4n) is 1.59. The summed E-state index contributed by atoms with van der Waals surface area (Å²) in [6.07, 6.45) is 2.98. The fraction of sp³-hybridized carbons (Fsp3) is 0.500. The Morgan fingerprint density at radius 2 is 2.07 bits per heavy atom. The molecule has 0 heterocycles. The zero-order valence-corrected chi connectivity index (χ0v) is 10.9. The summed E-state index contributed by atoms with van der Waals surface area (Å²) in [4.78, 5) is 0. The molecule has 2 nitrogen and oxygen atoms in total. The van der Waals surface area contributed by atoms with Gasteiger partial charge in [0.15, 0.2) is 0 Å². The molecule has 0 aliphatic carbocycles. The third-order valence-corrected chi connectivity index (χ3v) is 3.22. The standard InChI is InChI=1S/C12H18BrNO/c1-3-9-8-12(15-2)10(5-4-6-14)7-11(9)13/h7-8H,3-6,14H2,1-2H3. The molecule has 0 aliphatic rings. The number of nitrogens with two attached hydrogens (primary N) is 1. The molecule has 0 radical (unpaired) electrons. The Balaban J connectivity index is 2.98. The molecule has 3 heteroatoms. The highest BCUT2D eigenvalue weighted by Gasteiger charge is 2.07. The molecule has 0 amide bonds. The first-order valence-corrected chi connectivity index (χ1v) is 6.07. The average molecular weight is 272 g/mol. The van der Waals surface area contributed by atoms with Gasteiger partial charge in [-0.15, -0.1) is 0 Å². The molecule has 0 aromatic heterocycles. The highest BCUT2D eigenvalue weighted by molar-refractivity contribution is 9.10. The summed E-state index contributed by atoms with van der Waals surface area (Å²) in [6.45, 7) is 2.86. The number of aryl methyl sites for hydroxylation is 2. The van der Waals surface area contributed by atoms with Crippen molar-refractivity contribution in [3.8, 4) is 5.75 Å². The maximum Gasteiger partial charge on any atom is 0.122 e. The molecule has 1 aromatic carbocycles. The van der Waals surface area contributed by atoms with Crippen molar-refractivity contribution in [1.82, 2.24) is 0 Å². The lowest BCUT2D eigenvalue weighted by molar-refractivity contribution is 0.408. The second-order valence-corrected chi connectivity index (χ2v) is 4.36. The monoisotopic (exact) mass is 271 g/mol. The smallest absolute Gasteiger partial charge is 0.122 e. The molecule has 0 unspecified atom stereocenters. The van der Waals surface area contributed by atoms with E-state index in [9.17, 15) is 0 Å². The van der Waals surface area contributed by atoms with E-state index in [4.69, 9.17) is 10.5 Å². The van der Waals surface area contributed by atoms with Crippen molar-refractivity contribution in [2.75, 3.05) is 13.7 Å². The molecule has 84 valence electrons. The third-order valence-electron chi connectivity index (χ3n) is 2.48. The van der Waals surface area contributed by atoms with Gasteiger partial charge in [-0.05, 0) is 49.1 Å². The predicted octanol–water partition coefficient (Wildman–Crippen LogP) is 2.91. The highest BCUT2D eigenvalue weighted by Crippen LogP contribution is 2.28. The zero-order chi connectivity index (χ0) is 11.3. The summed E-state index contributed by atoms with van der Waals surface area (Å²) < 4.78 is 6.54. The molecule has 1 aromatic rings. The third kappa shape index (κ3) is 3.21. The Morgan fingerprint density at radius 1 is 1.33 bits per heavy atom. The van der Waals surface area contributed by atoms with Gasteiger partial charge in [-0.1, -0.05) is 22.9 Å². The lowest BCUT2D eigenvalue weighted by Gasteiger charge is -2.11. The molecular weight excluding hydrogens is 254 g/mol. The Kier molecular flexibility index (Phi) is 5.12. The molecule has 0 aliphatic heterocycles. The molecule has 0 saturated heterocycles. The van der Waals surface area contributed by atoms with E-state index < -0.39 is 0 Å². The minimum atomic E-state index is 0.719. The van der Waals surface area contributed by atoms with Crippen molar-refractivity contribution in [3.05, 3.63) is 27.7 Å². The Morgan fingerprint density at radius 3 is 2.60 bits per heavy atom. The van der Waals surface area contributed by atoms with Crippen molar-refractivity contribution >= 4 is 15.9 Å². The van der Waals surface area contributed by atoms with Gasteiger partial charge in [-0.2, -0.15) is 0 Å². The van der Waals surface area contributed by atoms with Crippen LogP contribution in [0.25, 0.3) is 0 Å². The fourth-order valence-corrected chi connectivity index (χ4v) is 2.26. The van der Waals surface area contributed by atoms with Crippen LogP contribution in [0.2, 0.25) is 0 Å². The van der Waals surface area contributed by atoms with Crippen molar-refractivity contribution in [3.63, 3.8) is 0 Å². The number of hydrogen-bond acceptors (Lipinski definition) is 2. The number of hydrogen-bond donors (Lipinski definition) is 1. The molecular formula is C12H18BrNO. The SMILES string of the molecule is CCc1cc(OC)c(CCCN)cc1Br. The summed E-state index contributed by atoms with van der Waals surface area (Å²) in [5.74, 6) is 0.975. The summed E-state index contributed by atoms with van der Waals surface area (Å²) in [7, 11) is 1.72. The van der Waals surface area contributed by atoms with Crippen LogP contribution in [0.5, 0.6) is 5.75 Å². The van der Waals surface area contributed by atoms with Crippen LogP contribution < -0.4 is 10.5 Å². The Hall–Kier alpha value is -0.540. The summed E-state index contributed by atoms with van der Waals surface area (Å²) >= 11 is 3.58. The number of benzene rings is 1. The molecule has 0 saturated carbocycles. The van der Waals surface area contributed by atoms with Crippen LogP contribution in [0.15, 0.2) is 16.6 Å². The molecule has 0 spiro atoms. The normalized spacial score (nSPS) is 10.4. The molecule has 0 atom stereocenters. The van der Waals surface area contributed by atoms with Crippen molar-refractivity contribution in [2.24, 2.45) is 5.73 Å². The summed E-state index contributed by atoms with van der Waals surface area (Å²) in [5.41, 5.74) is 8.02.